The van der Waals surface area contributed by atoms with Gasteiger partial charge in [0, 0.05) is 24.9 Å². The van der Waals surface area contributed by atoms with Gasteiger partial charge in [0.25, 0.3) is 5.91 Å². The van der Waals surface area contributed by atoms with E-state index in [1.54, 1.807) is 0 Å². The molecule has 1 heterocycles. The van der Waals surface area contributed by atoms with E-state index in [4.69, 9.17) is 10.5 Å². The van der Waals surface area contributed by atoms with E-state index in [1.807, 2.05) is 0 Å². The van der Waals surface area contributed by atoms with Crippen molar-refractivity contribution in [3.05, 3.63) is 29.6 Å². The average molecular weight is 238 g/mol. The van der Waals surface area contributed by atoms with Crippen LogP contribution in [0.25, 0.3) is 0 Å². The maximum absolute atomic E-state index is 12.8. The molecular weight excluding hydrogens is 223 g/mol. The first-order valence-electron chi connectivity index (χ1n) is 5.60. The van der Waals surface area contributed by atoms with Gasteiger partial charge < -0.3 is 15.8 Å². The van der Waals surface area contributed by atoms with Crippen molar-refractivity contribution in [1.82, 2.24) is 5.32 Å². The summed E-state index contributed by atoms with van der Waals surface area (Å²) >= 11 is 0. The molecule has 1 aliphatic rings. The number of ether oxygens (including phenoxy) is 1. The lowest BCUT2D eigenvalue weighted by molar-refractivity contribution is 0.0697. The molecule has 0 radical (unpaired) electrons. The van der Waals surface area contributed by atoms with Crippen molar-refractivity contribution < 1.29 is 13.9 Å². The van der Waals surface area contributed by atoms with Crippen LogP contribution >= 0.6 is 0 Å². The first kappa shape index (κ1) is 11.9. The van der Waals surface area contributed by atoms with Crippen LogP contribution in [0.15, 0.2) is 18.2 Å². The van der Waals surface area contributed by atoms with Gasteiger partial charge in [-0.1, -0.05) is 0 Å². The summed E-state index contributed by atoms with van der Waals surface area (Å²) in [4.78, 5) is 11.9. The number of carbonyl (C=O) groups excluding carboxylic acids is 1. The van der Waals surface area contributed by atoms with Gasteiger partial charge >= 0.3 is 0 Å². The molecule has 3 N–H and O–H groups in total. The number of hydrogen-bond acceptors (Lipinski definition) is 3. The molecular formula is C12H15FN2O2. The van der Waals surface area contributed by atoms with Crippen LogP contribution in [0.1, 0.15) is 23.2 Å². The quantitative estimate of drug-likeness (QED) is 0.764. The number of hydrogen-bond donors (Lipinski definition) is 2. The number of amides is 1. The monoisotopic (exact) mass is 238 g/mol. The third-order valence-corrected chi connectivity index (χ3v) is 2.81. The topological polar surface area (TPSA) is 64.4 Å². The van der Waals surface area contributed by atoms with Crippen molar-refractivity contribution in [1.29, 1.82) is 0 Å². The second-order valence-electron chi connectivity index (χ2n) is 4.09. The summed E-state index contributed by atoms with van der Waals surface area (Å²) in [6, 6.07) is 3.90. The molecule has 0 saturated carbocycles. The number of nitrogens with one attached hydrogen (secondary N) is 1. The van der Waals surface area contributed by atoms with Crippen molar-refractivity contribution in [2.45, 2.75) is 18.9 Å². The van der Waals surface area contributed by atoms with Gasteiger partial charge in [0.2, 0.25) is 0 Å². The molecule has 92 valence electrons. The molecule has 1 aliphatic heterocycles. The Hall–Kier alpha value is -1.62. The predicted molar refractivity (Wildman–Crippen MR) is 62.1 cm³/mol. The molecule has 0 aromatic heterocycles. The molecule has 5 heteroatoms. The van der Waals surface area contributed by atoms with E-state index in [0.717, 1.165) is 18.9 Å². The van der Waals surface area contributed by atoms with Crippen LogP contribution in [-0.4, -0.2) is 25.2 Å². The second-order valence-corrected chi connectivity index (χ2v) is 4.09. The first-order valence-corrected chi connectivity index (χ1v) is 5.60. The van der Waals surface area contributed by atoms with Crippen molar-refractivity contribution in [2.75, 3.05) is 18.9 Å². The highest BCUT2D eigenvalue weighted by Crippen LogP contribution is 2.14. The van der Waals surface area contributed by atoms with Gasteiger partial charge in [0.05, 0.1) is 5.56 Å². The molecule has 1 aromatic carbocycles. The Morgan fingerprint density at radius 3 is 2.76 bits per heavy atom. The third-order valence-electron chi connectivity index (χ3n) is 2.81. The molecule has 2 rings (SSSR count). The molecule has 0 unspecified atom stereocenters. The molecule has 0 atom stereocenters. The fraction of sp³-hybridized carbons (Fsp3) is 0.417. The number of benzene rings is 1. The van der Waals surface area contributed by atoms with Crippen LogP contribution < -0.4 is 11.1 Å². The average Bonchev–Trinajstić information content (AvgIpc) is 2.30. The Kier molecular flexibility index (Phi) is 3.58. The van der Waals surface area contributed by atoms with E-state index in [2.05, 4.69) is 5.32 Å². The van der Waals surface area contributed by atoms with Crippen molar-refractivity contribution in [3.63, 3.8) is 0 Å². The molecule has 0 aliphatic carbocycles. The zero-order chi connectivity index (χ0) is 12.3. The smallest absolute Gasteiger partial charge is 0.253 e. The van der Waals surface area contributed by atoms with Crippen molar-refractivity contribution in [2.24, 2.45) is 0 Å². The summed E-state index contributed by atoms with van der Waals surface area (Å²) in [5.74, 6) is -0.695. The largest absolute Gasteiger partial charge is 0.398 e. The highest BCUT2D eigenvalue weighted by Gasteiger charge is 2.18. The van der Waals surface area contributed by atoms with E-state index in [1.165, 1.54) is 12.1 Å². The van der Waals surface area contributed by atoms with Gasteiger partial charge in [-0.25, -0.2) is 4.39 Å². The fourth-order valence-corrected chi connectivity index (χ4v) is 1.85. The van der Waals surface area contributed by atoms with Gasteiger partial charge in [-0.2, -0.15) is 0 Å². The standard InChI is InChI=1S/C12H15FN2O2/c13-8-1-2-10(11(14)7-8)12(16)15-9-3-5-17-6-4-9/h1-2,7,9H,3-6,14H2,(H,15,16). The minimum Gasteiger partial charge on any atom is -0.398 e. The number of nitrogen functional groups attached to an aromatic ring is 1. The maximum atomic E-state index is 12.8. The highest BCUT2D eigenvalue weighted by molar-refractivity contribution is 5.99. The van der Waals surface area contributed by atoms with Crippen LogP contribution in [0.2, 0.25) is 0 Å². The molecule has 0 spiro atoms. The molecule has 1 saturated heterocycles. The Bertz CT molecular complexity index is 417. The minimum atomic E-state index is -0.440. The zero-order valence-electron chi connectivity index (χ0n) is 9.41. The summed E-state index contributed by atoms with van der Waals surface area (Å²) in [6.07, 6.45) is 1.60. The summed E-state index contributed by atoms with van der Waals surface area (Å²) in [7, 11) is 0. The predicted octanol–water partition coefficient (Wildman–Crippen LogP) is 1.32. The minimum absolute atomic E-state index is 0.112. The highest BCUT2D eigenvalue weighted by atomic mass is 19.1. The molecule has 1 amide bonds. The molecule has 0 bridgehead atoms. The summed E-state index contributed by atoms with van der Waals surface area (Å²) in [6.45, 7) is 1.31. The lowest BCUT2D eigenvalue weighted by Gasteiger charge is -2.23. The van der Waals surface area contributed by atoms with E-state index < -0.39 is 5.82 Å². The Morgan fingerprint density at radius 1 is 1.41 bits per heavy atom. The second kappa shape index (κ2) is 5.14. The zero-order valence-corrected chi connectivity index (χ0v) is 9.41. The molecule has 1 fully saturated rings. The molecule has 1 aromatic rings. The third kappa shape index (κ3) is 2.94. The van der Waals surface area contributed by atoms with Crippen LogP contribution in [0, 0.1) is 5.82 Å². The Balaban J connectivity index is 2.03. The maximum Gasteiger partial charge on any atom is 0.253 e. The summed E-state index contributed by atoms with van der Waals surface area (Å²) < 4.78 is 18.0. The van der Waals surface area contributed by atoms with Crippen LogP contribution in [-0.2, 0) is 4.74 Å². The SMILES string of the molecule is Nc1cc(F)ccc1C(=O)NC1CCOCC1. The van der Waals surface area contributed by atoms with Crippen molar-refractivity contribution in [3.8, 4) is 0 Å². The van der Waals surface area contributed by atoms with E-state index in [9.17, 15) is 9.18 Å². The van der Waals surface area contributed by atoms with E-state index in [0.29, 0.717) is 18.8 Å². The number of halogens is 1. The van der Waals surface area contributed by atoms with Gasteiger partial charge in [0.1, 0.15) is 5.82 Å². The lowest BCUT2D eigenvalue weighted by Crippen LogP contribution is -2.39. The summed E-state index contributed by atoms with van der Waals surface area (Å²) in [5, 5.41) is 2.87. The molecule has 17 heavy (non-hydrogen) atoms. The Labute approximate surface area is 98.9 Å². The van der Waals surface area contributed by atoms with Crippen LogP contribution in [0.5, 0.6) is 0 Å². The summed E-state index contributed by atoms with van der Waals surface area (Å²) in [5.41, 5.74) is 6.08. The number of nitrogens with two attached hydrogens (primary N) is 1. The van der Waals surface area contributed by atoms with Gasteiger partial charge in [-0.15, -0.1) is 0 Å². The molecule has 4 nitrogen and oxygen atoms in total. The van der Waals surface area contributed by atoms with Crippen LogP contribution in [0.4, 0.5) is 10.1 Å². The number of rotatable bonds is 2. The van der Waals surface area contributed by atoms with E-state index in [-0.39, 0.29) is 17.6 Å². The number of anilines is 1. The first-order chi connectivity index (χ1) is 8.16. The van der Waals surface area contributed by atoms with Gasteiger partial charge in [-0.05, 0) is 31.0 Å². The Morgan fingerprint density at radius 2 is 2.12 bits per heavy atom. The van der Waals surface area contributed by atoms with Crippen molar-refractivity contribution >= 4 is 11.6 Å². The normalized spacial score (nSPS) is 16.8. The van der Waals surface area contributed by atoms with Crippen LogP contribution in [0.3, 0.4) is 0 Å². The van der Waals surface area contributed by atoms with E-state index >= 15 is 0 Å². The lowest BCUT2D eigenvalue weighted by atomic mass is 10.1. The van der Waals surface area contributed by atoms with Gasteiger partial charge in [-0.3, -0.25) is 4.79 Å². The van der Waals surface area contributed by atoms with Gasteiger partial charge in [0.15, 0.2) is 0 Å². The number of carbonyl (C=O) groups is 1. The fourth-order valence-electron chi connectivity index (χ4n) is 1.85.